The zero-order valence-electron chi connectivity index (χ0n) is 12.6. The Morgan fingerprint density at radius 1 is 1.39 bits per heavy atom. The molecule has 2 fully saturated rings. The summed E-state index contributed by atoms with van der Waals surface area (Å²) in [6.45, 7) is 1.77. The van der Waals surface area contributed by atoms with Gasteiger partial charge in [0.05, 0.1) is 18.5 Å². The lowest BCUT2D eigenvalue weighted by Gasteiger charge is -2.33. The molecule has 1 unspecified atom stereocenters. The van der Waals surface area contributed by atoms with Gasteiger partial charge in [-0.25, -0.2) is 19.2 Å². The summed E-state index contributed by atoms with van der Waals surface area (Å²) < 4.78 is 18.3. The molecule has 2 saturated heterocycles. The molecule has 3 amide bonds. The Bertz CT molecular complexity index is 576. The first kappa shape index (κ1) is 15.6. The van der Waals surface area contributed by atoms with Crippen LogP contribution in [0.5, 0.6) is 0 Å². The first-order chi connectivity index (χ1) is 11.1. The van der Waals surface area contributed by atoms with Crippen LogP contribution in [0.4, 0.5) is 15.1 Å². The van der Waals surface area contributed by atoms with E-state index in [0.29, 0.717) is 13.1 Å². The molecule has 0 bridgehead atoms. The third-order valence-electron chi connectivity index (χ3n) is 3.86. The minimum atomic E-state index is -0.562. The first-order valence-electron chi connectivity index (χ1n) is 7.56. The van der Waals surface area contributed by atoms with Crippen LogP contribution in [0, 0.1) is 5.82 Å². The Kier molecular flexibility index (Phi) is 4.65. The van der Waals surface area contributed by atoms with E-state index >= 15 is 0 Å². The van der Waals surface area contributed by atoms with Crippen molar-refractivity contribution in [2.75, 3.05) is 37.7 Å². The molecule has 2 aliphatic heterocycles. The van der Waals surface area contributed by atoms with E-state index in [9.17, 15) is 14.0 Å². The van der Waals surface area contributed by atoms with Crippen LogP contribution in [0.2, 0.25) is 0 Å². The number of piperazine rings is 1. The van der Waals surface area contributed by atoms with Gasteiger partial charge in [-0.05, 0) is 12.8 Å². The highest BCUT2D eigenvalue weighted by Gasteiger charge is 2.29. The average Bonchev–Trinajstić information content (AvgIpc) is 3.07. The fourth-order valence-electron chi connectivity index (χ4n) is 2.62. The topological polar surface area (TPSA) is 87.7 Å². The molecular formula is C14H18FN5O3. The molecule has 23 heavy (non-hydrogen) atoms. The predicted octanol–water partition coefficient (Wildman–Crippen LogP) is 0.153. The predicted molar refractivity (Wildman–Crippen MR) is 78.3 cm³/mol. The largest absolute Gasteiger partial charge is 0.376 e. The normalized spacial score (nSPS) is 21.6. The van der Waals surface area contributed by atoms with Gasteiger partial charge in [0.1, 0.15) is 6.54 Å². The third-order valence-corrected chi connectivity index (χ3v) is 3.86. The van der Waals surface area contributed by atoms with Crippen LogP contribution >= 0.6 is 0 Å². The lowest BCUT2D eigenvalue weighted by atomic mass is 10.2. The number of rotatable bonds is 3. The summed E-state index contributed by atoms with van der Waals surface area (Å²) in [5, 5.41) is 2.79. The van der Waals surface area contributed by atoms with Gasteiger partial charge in [-0.2, -0.15) is 0 Å². The van der Waals surface area contributed by atoms with E-state index in [2.05, 4.69) is 15.3 Å². The number of nitrogens with one attached hydrogen (secondary N) is 1. The summed E-state index contributed by atoms with van der Waals surface area (Å²) >= 11 is 0. The SMILES string of the molecule is O=C(NCC1CCCO1)N1CCN(c2ncc(F)cn2)C(=O)C1. The van der Waals surface area contributed by atoms with E-state index < -0.39 is 5.82 Å². The molecule has 124 valence electrons. The van der Waals surface area contributed by atoms with Gasteiger partial charge >= 0.3 is 6.03 Å². The standard InChI is InChI=1S/C14H18FN5O3/c15-10-6-16-13(17-7-10)20-4-3-19(9-12(20)21)14(22)18-8-11-2-1-5-23-11/h6-7,11H,1-5,8-9H2,(H,18,22). The second-order valence-electron chi connectivity index (χ2n) is 5.49. The van der Waals surface area contributed by atoms with Gasteiger partial charge in [-0.3, -0.25) is 9.69 Å². The second kappa shape index (κ2) is 6.86. The number of urea groups is 1. The maximum atomic E-state index is 12.8. The van der Waals surface area contributed by atoms with Crippen LogP contribution < -0.4 is 10.2 Å². The summed E-state index contributed by atoms with van der Waals surface area (Å²) in [6, 6.07) is -0.284. The second-order valence-corrected chi connectivity index (χ2v) is 5.49. The van der Waals surface area contributed by atoms with Crippen LogP contribution in [0.15, 0.2) is 12.4 Å². The molecule has 3 heterocycles. The first-order valence-corrected chi connectivity index (χ1v) is 7.56. The number of anilines is 1. The highest BCUT2D eigenvalue weighted by Crippen LogP contribution is 2.13. The zero-order chi connectivity index (χ0) is 16.2. The van der Waals surface area contributed by atoms with Gasteiger partial charge in [-0.15, -0.1) is 0 Å². The molecule has 9 heteroatoms. The van der Waals surface area contributed by atoms with E-state index in [0.717, 1.165) is 31.8 Å². The van der Waals surface area contributed by atoms with Crippen molar-refractivity contribution in [3.8, 4) is 0 Å². The number of carbonyl (C=O) groups is 2. The molecule has 8 nitrogen and oxygen atoms in total. The Balaban J connectivity index is 1.52. The molecule has 3 rings (SSSR count). The van der Waals surface area contributed by atoms with Crippen molar-refractivity contribution in [2.45, 2.75) is 18.9 Å². The van der Waals surface area contributed by atoms with Crippen LogP contribution in [-0.4, -0.2) is 65.7 Å². The molecular weight excluding hydrogens is 305 g/mol. The number of amides is 3. The van der Waals surface area contributed by atoms with E-state index in [1.165, 1.54) is 9.80 Å². The molecule has 0 spiro atoms. The summed E-state index contributed by atoms with van der Waals surface area (Å²) in [4.78, 5) is 34.6. The number of ether oxygens (including phenoxy) is 1. The Labute approximate surface area is 132 Å². The molecule has 2 aliphatic rings. The van der Waals surface area contributed by atoms with Crippen molar-refractivity contribution in [3.63, 3.8) is 0 Å². The van der Waals surface area contributed by atoms with Crippen molar-refractivity contribution in [1.29, 1.82) is 0 Å². The molecule has 1 aromatic rings. The minimum absolute atomic E-state index is 0.0574. The summed E-state index contributed by atoms with van der Waals surface area (Å²) in [5.41, 5.74) is 0. The average molecular weight is 323 g/mol. The fraction of sp³-hybridized carbons (Fsp3) is 0.571. The molecule has 0 saturated carbocycles. The molecule has 1 N–H and O–H groups in total. The van der Waals surface area contributed by atoms with Crippen molar-refractivity contribution in [2.24, 2.45) is 0 Å². The number of carbonyl (C=O) groups excluding carboxylic acids is 2. The van der Waals surface area contributed by atoms with Gasteiger partial charge in [0, 0.05) is 26.2 Å². The number of aromatic nitrogens is 2. The van der Waals surface area contributed by atoms with Crippen LogP contribution in [-0.2, 0) is 9.53 Å². The van der Waals surface area contributed by atoms with Crippen LogP contribution in [0.1, 0.15) is 12.8 Å². The number of hydrogen-bond donors (Lipinski definition) is 1. The summed E-state index contributed by atoms with van der Waals surface area (Å²) in [7, 11) is 0. The smallest absolute Gasteiger partial charge is 0.318 e. The maximum absolute atomic E-state index is 12.8. The number of nitrogens with zero attached hydrogens (tertiary/aromatic N) is 4. The number of hydrogen-bond acceptors (Lipinski definition) is 5. The number of halogens is 1. The van der Waals surface area contributed by atoms with Gasteiger partial charge in [0.25, 0.3) is 0 Å². The van der Waals surface area contributed by atoms with E-state index in [-0.39, 0.29) is 37.1 Å². The van der Waals surface area contributed by atoms with Gasteiger partial charge in [-0.1, -0.05) is 0 Å². The molecule has 0 aromatic carbocycles. The van der Waals surface area contributed by atoms with Gasteiger partial charge in [0.2, 0.25) is 11.9 Å². The van der Waals surface area contributed by atoms with Crippen LogP contribution in [0.3, 0.4) is 0 Å². The minimum Gasteiger partial charge on any atom is -0.376 e. The van der Waals surface area contributed by atoms with E-state index in [1.807, 2.05) is 0 Å². The summed E-state index contributed by atoms with van der Waals surface area (Å²) in [5.74, 6) is -0.709. The lowest BCUT2D eigenvalue weighted by Crippen LogP contribution is -2.55. The highest BCUT2D eigenvalue weighted by atomic mass is 19.1. The van der Waals surface area contributed by atoms with E-state index in [1.54, 1.807) is 0 Å². The van der Waals surface area contributed by atoms with Crippen molar-refractivity contribution >= 4 is 17.9 Å². The quantitative estimate of drug-likeness (QED) is 0.856. The zero-order valence-corrected chi connectivity index (χ0v) is 12.6. The fourth-order valence-corrected chi connectivity index (χ4v) is 2.62. The molecule has 0 aliphatic carbocycles. The Hall–Kier alpha value is -2.29. The van der Waals surface area contributed by atoms with Crippen LogP contribution in [0.25, 0.3) is 0 Å². The Morgan fingerprint density at radius 3 is 2.83 bits per heavy atom. The van der Waals surface area contributed by atoms with Crippen molar-refractivity contribution in [1.82, 2.24) is 20.2 Å². The van der Waals surface area contributed by atoms with Gasteiger partial charge < -0.3 is 15.0 Å². The third kappa shape index (κ3) is 3.73. The molecule has 0 radical (unpaired) electrons. The Morgan fingerprint density at radius 2 is 2.17 bits per heavy atom. The lowest BCUT2D eigenvalue weighted by molar-refractivity contribution is -0.120. The van der Waals surface area contributed by atoms with Gasteiger partial charge in [0.15, 0.2) is 5.82 Å². The summed E-state index contributed by atoms with van der Waals surface area (Å²) in [6.07, 6.45) is 4.03. The highest BCUT2D eigenvalue weighted by molar-refractivity contribution is 5.96. The van der Waals surface area contributed by atoms with Crippen molar-refractivity contribution < 1.29 is 18.7 Å². The molecule has 1 aromatic heterocycles. The molecule has 1 atom stereocenters. The van der Waals surface area contributed by atoms with E-state index in [4.69, 9.17) is 4.74 Å². The van der Waals surface area contributed by atoms with Crippen molar-refractivity contribution in [3.05, 3.63) is 18.2 Å². The maximum Gasteiger partial charge on any atom is 0.318 e. The monoisotopic (exact) mass is 323 g/mol.